The Hall–Kier alpha value is -1.83. The van der Waals surface area contributed by atoms with Crippen LogP contribution in [0.2, 0.25) is 0 Å². The Bertz CT molecular complexity index is 986. The molecule has 4 nitrogen and oxygen atoms in total. The molecule has 4 rings (SSSR count). The molecule has 0 saturated carbocycles. The first kappa shape index (κ1) is 17.6. The molecule has 0 N–H and O–H groups in total. The van der Waals surface area contributed by atoms with Crippen LogP contribution >= 0.6 is 11.3 Å². The van der Waals surface area contributed by atoms with E-state index in [2.05, 4.69) is 9.97 Å². The highest BCUT2D eigenvalue weighted by Crippen LogP contribution is 2.37. The fourth-order valence-corrected chi connectivity index (χ4v) is 3.78. The van der Waals surface area contributed by atoms with Gasteiger partial charge in [-0.15, -0.1) is 11.3 Å². The summed E-state index contributed by atoms with van der Waals surface area (Å²) in [6.45, 7) is 9.79. The number of pyridine rings is 1. The van der Waals surface area contributed by atoms with Gasteiger partial charge in [-0.1, -0.05) is 6.07 Å². The SMILES string of the molecule is Cc1ncc(-c2cc3ccc(F)c(B4OC(C)(C)C(C)(C)O4)c3cn2)s1. The standard InChI is InChI=1S/C19H20BFN2O2S/c1-11-22-10-16(26-11)15-8-12-6-7-14(21)17(13(12)9-23-15)20-24-18(2,3)19(4,5)25-20/h6-10H,1-5H3. The predicted octanol–water partition coefficient (Wildman–Crippen LogP) is 4.11. The number of benzene rings is 1. The maximum absolute atomic E-state index is 14.7. The van der Waals surface area contributed by atoms with E-state index in [0.29, 0.717) is 10.8 Å². The molecule has 1 fully saturated rings. The number of thiazole rings is 1. The van der Waals surface area contributed by atoms with Gasteiger partial charge in [0.15, 0.2) is 0 Å². The molecule has 0 bridgehead atoms. The summed E-state index contributed by atoms with van der Waals surface area (Å²) in [6, 6.07) is 5.18. The Morgan fingerprint density at radius 1 is 1.04 bits per heavy atom. The van der Waals surface area contributed by atoms with E-state index in [-0.39, 0.29) is 5.82 Å². The number of fused-ring (bicyclic) bond motifs is 1. The van der Waals surface area contributed by atoms with Crippen molar-refractivity contribution in [3.8, 4) is 10.6 Å². The van der Waals surface area contributed by atoms with Crippen molar-refractivity contribution >= 4 is 34.7 Å². The molecule has 3 heterocycles. The van der Waals surface area contributed by atoms with Gasteiger partial charge < -0.3 is 9.31 Å². The lowest BCUT2D eigenvalue weighted by Gasteiger charge is -2.32. The van der Waals surface area contributed by atoms with Crippen molar-refractivity contribution in [3.63, 3.8) is 0 Å². The molecule has 0 aliphatic carbocycles. The van der Waals surface area contributed by atoms with Crippen LogP contribution in [0.25, 0.3) is 21.3 Å². The molecule has 0 atom stereocenters. The zero-order chi connectivity index (χ0) is 18.7. The topological polar surface area (TPSA) is 44.2 Å². The largest absolute Gasteiger partial charge is 0.498 e. The minimum atomic E-state index is -0.762. The first-order valence-corrected chi connectivity index (χ1v) is 9.36. The van der Waals surface area contributed by atoms with Crippen molar-refractivity contribution in [1.82, 2.24) is 9.97 Å². The molecular formula is C19H20BFN2O2S. The third-order valence-corrected chi connectivity index (χ3v) is 6.19. The van der Waals surface area contributed by atoms with Crippen LogP contribution in [0, 0.1) is 12.7 Å². The van der Waals surface area contributed by atoms with Crippen molar-refractivity contribution < 1.29 is 13.7 Å². The summed E-state index contributed by atoms with van der Waals surface area (Å²) < 4.78 is 26.8. The van der Waals surface area contributed by atoms with Gasteiger partial charge in [0, 0.05) is 23.2 Å². The number of nitrogens with zero attached hydrogens (tertiary/aromatic N) is 2. The molecule has 2 aromatic heterocycles. The van der Waals surface area contributed by atoms with Gasteiger partial charge >= 0.3 is 7.12 Å². The number of rotatable bonds is 2. The van der Waals surface area contributed by atoms with Crippen LogP contribution in [-0.2, 0) is 9.31 Å². The number of aromatic nitrogens is 2. The highest BCUT2D eigenvalue weighted by molar-refractivity contribution is 7.15. The smallest absolute Gasteiger partial charge is 0.399 e. The third kappa shape index (κ3) is 2.75. The second-order valence-electron chi connectivity index (χ2n) is 7.58. The molecule has 1 saturated heterocycles. The van der Waals surface area contributed by atoms with Gasteiger partial charge in [0.2, 0.25) is 0 Å². The van der Waals surface area contributed by atoms with Crippen LogP contribution < -0.4 is 5.46 Å². The van der Waals surface area contributed by atoms with Crippen molar-refractivity contribution in [2.75, 3.05) is 0 Å². The Kier molecular flexibility index (Phi) is 3.95. The van der Waals surface area contributed by atoms with E-state index >= 15 is 0 Å². The lowest BCUT2D eigenvalue weighted by atomic mass is 9.76. The Morgan fingerprint density at radius 3 is 2.35 bits per heavy atom. The number of halogens is 1. The van der Waals surface area contributed by atoms with E-state index in [4.69, 9.17) is 9.31 Å². The van der Waals surface area contributed by atoms with E-state index in [1.165, 1.54) is 6.07 Å². The molecule has 0 spiro atoms. The van der Waals surface area contributed by atoms with E-state index in [1.54, 1.807) is 23.6 Å². The molecule has 0 unspecified atom stereocenters. The van der Waals surface area contributed by atoms with Gasteiger partial charge in [-0.3, -0.25) is 4.98 Å². The van der Waals surface area contributed by atoms with Crippen LogP contribution in [0.1, 0.15) is 32.7 Å². The number of hydrogen-bond acceptors (Lipinski definition) is 5. The van der Waals surface area contributed by atoms with E-state index in [0.717, 1.165) is 21.0 Å². The fraction of sp³-hybridized carbons (Fsp3) is 0.368. The molecule has 0 radical (unpaired) electrons. The van der Waals surface area contributed by atoms with Crippen LogP contribution in [0.15, 0.2) is 30.6 Å². The maximum Gasteiger partial charge on any atom is 0.498 e. The Balaban J connectivity index is 1.82. The summed E-state index contributed by atoms with van der Waals surface area (Å²) in [5, 5.41) is 2.58. The predicted molar refractivity (Wildman–Crippen MR) is 103 cm³/mol. The molecule has 1 aliphatic heterocycles. The minimum Gasteiger partial charge on any atom is -0.399 e. The van der Waals surface area contributed by atoms with Crippen molar-refractivity contribution in [1.29, 1.82) is 0 Å². The highest BCUT2D eigenvalue weighted by atomic mass is 32.1. The van der Waals surface area contributed by atoms with Gasteiger partial charge in [0.1, 0.15) is 5.82 Å². The number of aryl methyl sites for hydroxylation is 1. The van der Waals surface area contributed by atoms with Gasteiger partial charge in [0.05, 0.1) is 26.8 Å². The molecule has 7 heteroatoms. The van der Waals surface area contributed by atoms with Crippen molar-refractivity contribution in [2.24, 2.45) is 0 Å². The monoisotopic (exact) mass is 370 g/mol. The average Bonchev–Trinajstić information content (AvgIpc) is 3.07. The summed E-state index contributed by atoms with van der Waals surface area (Å²) in [5.74, 6) is -0.348. The second-order valence-corrected chi connectivity index (χ2v) is 8.82. The second kappa shape index (κ2) is 5.84. The summed E-state index contributed by atoms with van der Waals surface area (Å²) in [5.41, 5.74) is 0.176. The zero-order valence-electron chi connectivity index (χ0n) is 15.5. The summed E-state index contributed by atoms with van der Waals surface area (Å²) >= 11 is 1.58. The Morgan fingerprint density at radius 2 is 1.73 bits per heavy atom. The molecule has 0 amide bonds. The van der Waals surface area contributed by atoms with Gasteiger partial charge in [0.25, 0.3) is 0 Å². The quantitative estimate of drug-likeness (QED) is 0.637. The lowest BCUT2D eigenvalue weighted by Crippen LogP contribution is -2.41. The normalized spacial score (nSPS) is 18.6. The summed E-state index contributed by atoms with van der Waals surface area (Å²) in [4.78, 5) is 9.80. The van der Waals surface area contributed by atoms with Crippen LogP contribution in [0.3, 0.4) is 0 Å². The van der Waals surface area contributed by atoms with Gasteiger partial charge in [-0.05, 0) is 52.1 Å². The van der Waals surface area contributed by atoms with Crippen LogP contribution in [0.5, 0.6) is 0 Å². The zero-order valence-corrected chi connectivity index (χ0v) is 16.3. The molecular weight excluding hydrogens is 350 g/mol. The lowest BCUT2D eigenvalue weighted by molar-refractivity contribution is 0.00578. The third-order valence-electron chi connectivity index (χ3n) is 5.26. The van der Waals surface area contributed by atoms with E-state index in [1.807, 2.05) is 46.9 Å². The molecule has 26 heavy (non-hydrogen) atoms. The first-order chi connectivity index (χ1) is 12.2. The van der Waals surface area contributed by atoms with Gasteiger partial charge in [-0.2, -0.15) is 0 Å². The van der Waals surface area contributed by atoms with Gasteiger partial charge in [-0.25, -0.2) is 9.37 Å². The molecule has 134 valence electrons. The maximum atomic E-state index is 14.7. The summed E-state index contributed by atoms with van der Waals surface area (Å²) in [7, 11) is -0.762. The average molecular weight is 370 g/mol. The Labute approximate surface area is 156 Å². The minimum absolute atomic E-state index is 0.348. The van der Waals surface area contributed by atoms with E-state index < -0.39 is 18.3 Å². The summed E-state index contributed by atoms with van der Waals surface area (Å²) in [6.07, 6.45) is 3.51. The van der Waals surface area contributed by atoms with Crippen LogP contribution in [0.4, 0.5) is 4.39 Å². The molecule has 1 aromatic carbocycles. The molecule has 1 aliphatic rings. The van der Waals surface area contributed by atoms with Crippen molar-refractivity contribution in [3.05, 3.63) is 41.4 Å². The van der Waals surface area contributed by atoms with Crippen molar-refractivity contribution in [2.45, 2.75) is 45.8 Å². The van der Waals surface area contributed by atoms with Crippen LogP contribution in [-0.4, -0.2) is 28.3 Å². The fourth-order valence-electron chi connectivity index (χ4n) is 3.03. The number of hydrogen-bond donors (Lipinski definition) is 0. The molecule has 3 aromatic rings. The first-order valence-electron chi connectivity index (χ1n) is 8.54. The van der Waals surface area contributed by atoms with E-state index in [9.17, 15) is 4.39 Å². The highest BCUT2D eigenvalue weighted by Gasteiger charge is 2.52.